The lowest BCUT2D eigenvalue weighted by atomic mass is 9.80. The summed E-state index contributed by atoms with van der Waals surface area (Å²) in [7, 11) is 0. The van der Waals surface area contributed by atoms with Gasteiger partial charge in [-0.05, 0) is 32.2 Å². The molecule has 1 saturated carbocycles. The Balaban J connectivity index is 1.81. The average molecular weight is 250 g/mol. The molecule has 0 spiro atoms. The van der Waals surface area contributed by atoms with Gasteiger partial charge in [0, 0.05) is 18.2 Å². The van der Waals surface area contributed by atoms with Crippen LogP contribution < -0.4 is 5.32 Å². The topological polar surface area (TPSA) is 75.4 Å². The zero-order valence-corrected chi connectivity index (χ0v) is 10.3. The molecular weight excluding hydrogens is 232 g/mol. The smallest absolute Gasteiger partial charge is 0.272 e. The molecule has 0 atom stereocenters. The fourth-order valence-electron chi connectivity index (χ4n) is 2.21. The highest BCUT2D eigenvalue weighted by Crippen LogP contribution is 2.30. The van der Waals surface area contributed by atoms with Crippen molar-refractivity contribution in [1.82, 2.24) is 5.32 Å². The van der Waals surface area contributed by atoms with Crippen LogP contribution >= 0.6 is 0 Å². The second-order valence-corrected chi connectivity index (χ2v) is 4.89. The lowest BCUT2D eigenvalue weighted by molar-refractivity contribution is -0.385. The second kappa shape index (κ2) is 5.46. The molecule has 2 rings (SSSR count). The molecular formula is C13H18N2O3. The summed E-state index contributed by atoms with van der Waals surface area (Å²) in [6.07, 6.45) is 3.40. The van der Waals surface area contributed by atoms with E-state index in [2.05, 4.69) is 5.32 Å². The molecule has 1 aromatic carbocycles. The second-order valence-electron chi connectivity index (χ2n) is 4.89. The highest BCUT2D eigenvalue weighted by atomic mass is 16.6. The van der Waals surface area contributed by atoms with Gasteiger partial charge in [-0.3, -0.25) is 10.1 Å². The molecule has 1 aromatic rings. The lowest BCUT2D eigenvalue weighted by Gasteiger charge is -2.36. The van der Waals surface area contributed by atoms with E-state index < -0.39 is 5.60 Å². The summed E-state index contributed by atoms with van der Waals surface area (Å²) >= 11 is 0. The Morgan fingerprint density at radius 2 is 2.11 bits per heavy atom. The van der Waals surface area contributed by atoms with Gasteiger partial charge in [-0.15, -0.1) is 0 Å². The largest absolute Gasteiger partial charge is 0.389 e. The maximum Gasteiger partial charge on any atom is 0.272 e. The first-order chi connectivity index (χ1) is 8.61. The standard InChI is InChI=1S/C13H18N2O3/c16-13(7-3-8-13)10-14-9-6-11-4-1-2-5-12(11)15(17)18/h1-2,4-5,14,16H,3,6-10H2. The molecule has 98 valence electrons. The molecule has 5 nitrogen and oxygen atoms in total. The van der Waals surface area contributed by atoms with Crippen LogP contribution in [0.2, 0.25) is 0 Å². The Hall–Kier alpha value is -1.46. The zero-order chi connectivity index (χ0) is 13.0. The van der Waals surface area contributed by atoms with Crippen molar-refractivity contribution >= 4 is 5.69 Å². The minimum Gasteiger partial charge on any atom is -0.389 e. The van der Waals surface area contributed by atoms with Crippen LogP contribution in [0.5, 0.6) is 0 Å². The normalized spacial score (nSPS) is 17.2. The highest BCUT2D eigenvalue weighted by Gasteiger charge is 2.33. The first kappa shape index (κ1) is 13.0. The van der Waals surface area contributed by atoms with Gasteiger partial charge in [0.2, 0.25) is 0 Å². The number of para-hydroxylation sites is 1. The Labute approximate surface area is 106 Å². The molecule has 5 heteroatoms. The number of aliphatic hydroxyl groups is 1. The van der Waals surface area contributed by atoms with E-state index in [1.54, 1.807) is 12.1 Å². The third-order valence-corrected chi connectivity index (χ3v) is 3.50. The van der Waals surface area contributed by atoms with Gasteiger partial charge in [-0.1, -0.05) is 18.2 Å². The summed E-state index contributed by atoms with van der Waals surface area (Å²) in [6.45, 7) is 1.22. The van der Waals surface area contributed by atoms with Crippen molar-refractivity contribution in [2.24, 2.45) is 0 Å². The summed E-state index contributed by atoms with van der Waals surface area (Å²) in [4.78, 5) is 10.5. The summed E-state index contributed by atoms with van der Waals surface area (Å²) in [5, 5.41) is 23.9. The molecule has 0 heterocycles. The van der Waals surface area contributed by atoms with Gasteiger partial charge < -0.3 is 10.4 Å². The zero-order valence-electron chi connectivity index (χ0n) is 10.3. The lowest BCUT2D eigenvalue weighted by Crippen LogP contribution is -2.46. The molecule has 1 fully saturated rings. The van der Waals surface area contributed by atoms with Gasteiger partial charge in [0.1, 0.15) is 0 Å². The van der Waals surface area contributed by atoms with Gasteiger partial charge in [-0.2, -0.15) is 0 Å². The average Bonchev–Trinajstić information content (AvgIpc) is 2.33. The van der Waals surface area contributed by atoms with E-state index in [1.165, 1.54) is 6.07 Å². The molecule has 18 heavy (non-hydrogen) atoms. The van der Waals surface area contributed by atoms with Crippen LogP contribution in [-0.4, -0.2) is 28.7 Å². The van der Waals surface area contributed by atoms with Gasteiger partial charge in [-0.25, -0.2) is 0 Å². The van der Waals surface area contributed by atoms with Gasteiger partial charge in [0.25, 0.3) is 5.69 Å². The number of nitro groups is 1. The molecule has 0 unspecified atom stereocenters. The van der Waals surface area contributed by atoms with Gasteiger partial charge in [0.15, 0.2) is 0 Å². The number of hydrogen-bond donors (Lipinski definition) is 2. The highest BCUT2D eigenvalue weighted by molar-refractivity contribution is 5.39. The van der Waals surface area contributed by atoms with Gasteiger partial charge >= 0.3 is 0 Å². The van der Waals surface area contributed by atoms with E-state index in [0.717, 1.165) is 24.8 Å². The van der Waals surface area contributed by atoms with Crippen LogP contribution in [0.3, 0.4) is 0 Å². The van der Waals surface area contributed by atoms with E-state index in [4.69, 9.17) is 0 Å². The van der Waals surface area contributed by atoms with Crippen molar-refractivity contribution in [3.05, 3.63) is 39.9 Å². The maximum absolute atomic E-state index is 10.8. The number of nitro benzene ring substituents is 1. The third-order valence-electron chi connectivity index (χ3n) is 3.50. The van der Waals surface area contributed by atoms with E-state index in [1.807, 2.05) is 6.07 Å². The molecule has 1 aliphatic rings. The fourth-order valence-corrected chi connectivity index (χ4v) is 2.21. The van der Waals surface area contributed by atoms with Crippen LogP contribution in [0.4, 0.5) is 5.69 Å². The number of benzene rings is 1. The third kappa shape index (κ3) is 3.05. The minimum atomic E-state index is -0.539. The van der Waals surface area contributed by atoms with Crippen molar-refractivity contribution in [2.45, 2.75) is 31.3 Å². The SMILES string of the molecule is O=[N+]([O-])c1ccccc1CCNCC1(O)CCC1. The number of nitrogens with zero attached hydrogens (tertiary/aromatic N) is 1. The Morgan fingerprint density at radius 3 is 2.72 bits per heavy atom. The first-order valence-corrected chi connectivity index (χ1v) is 6.26. The summed E-state index contributed by atoms with van der Waals surface area (Å²) in [5.74, 6) is 0. The Bertz CT molecular complexity index is 430. The van der Waals surface area contributed by atoms with Crippen molar-refractivity contribution in [3.63, 3.8) is 0 Å². The summed E-state index contributed by atoms with van der Waals surface area (Å²) < 4.78 is 0. The summed E-state index contributed by atoms with van der Waals surface area (Å²) in [5.41, 5.74) is 0.361. The van der Waals surface area contributed by atoms with Crippen LogP contribution in [-0.2, 0) is 6.42 Å². The maximum atomic E-state index is 10.8. The predicted molar refractivity (Wildman–Crippen MR) is 68.5 cm³/mol. The van der Waals surface area contributed by atoms with Crippen molar-refractivity contribution in [1.29, 1.82) is 0 Å². The van der Waals surface area contributed by atoms with E-state index in [0.29, 0.717) is 19.5 Å². The molecule has 0 amide bonds. The number of nitrogens with one attached hydrogen (secondary N) is 1. The van der Waals surface area contributed by atoms with Crippen LogP contribution in [0, 0.1) is 10.1 Å². The number of hydrogen-bond acceptors (Lipinski definition) is 4. The van der Waals surface area contributed by atoms with E-state index in [9.17, 15) is 15.2 Å². The number of rotatable bonds is 6. The van der Waals surface area contributed by atoms with Crippen LogP contribution in [0.25, 0.3) is 0 Å². The minimum absolute atomic E-state index is 0.168. The molecule has 0 aliphatic heterocycles. The molecule has 2 N–H and O–H groups in total. The van der Waals surface area contributed by atoms with E-state index >= 15 is 0 Å². The Morgan fingerprint density at radius 1 is 1.39 bits per heavy atom. The summed E-state index contributed by atoms with van der Waals surface area (Å²) in [6, 6.07) is 6.78. The molecule has 0 bridgehead atoms. The monoisotopic (exact) mass is 250 g/mol. The van der Waals surface area contributed by atoms with Gasteiger partial charge in [0.05, 0.1) is 10.5 Å². The quantitative estimate of drug-likeness (QED) is 0.457. The van der Waals surface area contributed by atoms with Crippen LogP contribution in [0.1, 0.15) is 24.8 Å². The predicted octanol–water partition coefficient (Wildman–Crippen LogP) is 1.64. The molecule has 0 radical (unpaired) electrons. The van der Waals surface area contributed by atoms with Crippen molar-refractivity contribution in [2.75, 3.05) is 13.1 Å². The van der Waals surface area contributed by atoms with Crippen molar-refractivity contribution in [3.8, 4) is 0 Å². The van der Waals surface area contributed by atoms with E-state index in [-0.39, 0.29) is 10.6 Å². The van der Waals surface area contributed by atoms with Crippen molar-refractivity contribution < 1.29 is 10.0 Å². The molecule has 1 aliphatic carbocycles. The van der Waals surface area contributed by atoms with Crippen LogP contribution in [0.15, 0.2) is 24.3 Å². The molecule has 0 aromatic heterocycles. The first-order valence-electron chi connectivity index (χ1n) is 6.26. The molecule has 0 saturated heterocycles. The fraction of sp³-hybridized carbons (Fsp3) is 0.538. The Kier molecular flexibility index (Phi) is 3.93.